The fourth-order valence-electron chi connectivity index (χ4n) is 5.40. The van der Waals surface area contributed by atoms with Gasteiger partial charge in [0.1, 0.15) is 0 Å². The molecule has 0 spiro atoms. The minimum Gasteiger partial charge on any atom is -0.443 e. The number of hydrogen-bond donors (Lipinski definition) is 1. The van der Waals surface area contributed by atoms with E-state index in [1.807, 2.05) is 12.1 Å². The average Bonchev–Trinajstić information content (AvgIpc) is 3.84. The third-order valence-electron chi connectivity index (χ3n) is 8.23. The molecule has 0 saturated carbocycles. The molecule has 0 aliphatic carbocycles. The van der Waals surface area contributed by atoms with Crippen LogP contribution >= 0.6 is 0 Å². The zero-order valence-electron chi connectivity index (χ0n) is 31.1. The summed E-state index contributed by atoms with van der Waals surface area (Å²) in [5.41, 5.74) is 13.7. The minimum atomic E-state index is 0. The van der Waals surface area contributed by atoms with Crippen molar-refractivity contribution in [2.24, 2.45) is 4.99 Å². The zero-order chi connectivity index (χ0) is 34.7. The summed E-state index contributed by atoms with van der Waals surface area (Å²) in [5.74, 6) is 0. The van der Waals surface area contributed by atoms with Crippen molar-refractivity contribution < 1.29 is 14.5 Å². The molecule has 6 rings (SSSR count). The van der Waals surface area contributed by atoms with Gasteiger partial charge in [-0.25, -0.2) is 5.32 Å². The normalized spacial score (nSPS) is 13.4. The standard InChI is InChI=1S/2C17H19N2.2C4H8O.Ca/c2*1-12-7-5-8-13(2)16(12)18-11-19-17-14(3)9-6-10-15(17)4;2*1-2-4-5-3-1;/h2*5-11H,1-4H3;2*1-4H2;/q2*-1;;;+2/p+1. The summed E-state index contributed by atoms with van der Waals surface area (Å²) in [6.07, 6.45) is 8.55. The number of benzene rings is 4. The van der Waals surface area contributed by atoms with Crippen molar-refractivity contribution in [1.29, 1.82) is 0 Å². The topological polar surface area (TPSA) is 73.0 Å². The van der Waals surface area contributed by atoms with Crippen LogP contribution in [-0.2, 0) is 9.47 Å². The molecule has 0 atom stereocenters. The van der Waals surface area contributed by atoms with E-state index in [2.05, 4.69) is 137 Å². The van der Waals surface area contributed by atoms with Crippen LogP contribution in [0.4, 0.5) is 22.7 Å². The van der Waals surface area contributed by atoms with Crippen molar-refractivity contribution in [2.45, 2.75) is 81.1 Å². The fraction of sp³-hybridized carbons (Fsp3) is 0.381. The molecule has 4 aromatic carbocycles. The monoisotopic (exact) mass is 687 g/mol. The van der Waals surface area contributed by atoms with Crippen LogP contribution in [0.25, 0.3) is 10.6 Å². The van der Waals surface area contributed by atoms with Gasteiger partial charge < -0.3 is 24.8 Å². The van der Waals surface area contributed by atoms with Crippen molar-refractivity contribution >= 4 is 73.2 Å². The second-order valence-electron chi connectivity index (χ2n) is 12.4. The first-order chi connectivity index (χ1) is 23.2. The van der Waals surface area contributed by atoms with Crippen molar-refractivity contribution in [3.63, 3.8) is 0 Å². The molecule has 49 heavy (non-hydrogen) atoms. The molecular formula is C42H55CaN4O2+. The van der Waals surface area contributed by atoms with Gasteiger partial charge in [-0.15, -0.1) is 0 Å². The van der Waals surface area contributed by atoms with E-state index in [-0.39, 0.29) is 37.7 Å². The second-order valence-corrected chi connectivity index (χ2v) is 12.4. The van der Waals surface area contributed by atoms with Crippen LogP contribution in [0, 0.1) is 55.4 Å². The Morgan fingerprint density at radius 1 is 0.510 bits per heavy atom. The molecule has 0 radical (unpaired) electrons. The Hall–Kier alpha value is -3.00. The molecule has 4 aromatic rings. The van der Waals surface area contributed by atoms with Crippen LogP contribution in [0.15, 0.2) is 77.8 Å². The van der Waals surface area contributed by atoms with Gasteiger partial charge in [0.2, 0.25) is 0 Å². The van der Waals surface area contributed by atoms with E-state index in [1.165, 1.54) is 70.2 Å². The second kappa shape index (κ2) is 23.4. The molecule has 7 heteroatoms. The Labute approximate surface area is 325 Å². The first kappa shape index (κ1) is 42.2. The molecule has 6 nitrogen and oxygen atoms in total. The Morgan fingerprint density at radius 2 is 0.857 bits per heavy atom. The molecule has 0 aromatic heterocycles. The molecule has 2 fully saturated rings. The van der Waals surface area contributed by atoms with Gasteiger partial charge in [0, 0.05) is 32.1 Å². The number of rotatable bonds is 6. The van der Waals surface area contributed by atoms with Gasteiger partial charge in [-0.3, -0.25) is 0 Å². The van der Waals surface area contributed by atoms with E-state index in [4.69, 9.17) is 9.47 Å². The van der Waals surface area contributed by atoms with E-state index in [0.717, 1.165) is 49.2 Å². The van der Waals surface area contributed by atoms with Crippen LogP contribution in [0.3, 0.4) is 0 Å². The van der Waals surface area contributed by atoms with Gasteiger partial charge in [-0.1, -0.05) is 79.1 Å². The molecule has 2 aliphatic heterocycles. The summed E-state index contributed by atoms with van der Waals surface area (Å²) in [6, 6.07) is 24.9. The van der Waals surface area contributed by atoms with E-state index >= 15 is 0 Å². The Morgan fingerprint density at radius 3 is 1.22 bits per heavy atom. The Kier molecular flexibility index (Phi) is 20.1. The van der Waals surface area contributed by atoms with Crippen LogP contribution < -0.4 is 4.99 Å². The number of nitrogens with zero attached hydrogens (tertiary/aromatic N) is 3. The summed E-state index contributed by atoms with van der Waals surface area (Å²) >= 11 is 0. The maximum absolute atomic E-state index is 4.94. The predicted molar refractivity (Wildman–Crippen MR) is 210 cm³/mol. The van der Waals surface area contributed by atoms with Gasteiger partial charge in [-0.05, 0) is 137 Å². The number of hydrogen-bond acceptors (Lipinski definition) is 3. The Balaban J connectivity index is 0.000000260. The molecular weight excluding hydrogens is 633 g/mol. The Bertz CT molecular complexity index is 1410. The number of ether oxygens (including phenoxy) is 2. The van der Waals surface area contributed by atoms with Gasteiger partial charge in [0.15, 0.2) is 0 Å². The zero-order valence-corrected chi connectivity index (χ0v) is 33.3. The third kappa shape index (κ3) is 14.8. The summed E-state index contributed by atoms with van der Waals surface area (Å²) in [5, 5.41) is 9.04. The quantitative estimate of drug-likeness (QED) is 0.125. The first-order valence-electron chi connectivity index (χ1n) is 17.1. The number of aryl methyl sites for hydroxylation is 8. The van der Waals surface area contributed by atoms with Crippen molar-refractivity contribution in [3.8, 4) is 0 Å². The number of aliphatic imine (C=N–C) groups is 1. The smallest absolute Gasteiger partial charge is 0.443 e. The number of para-hydroxylation sites is 4. The van der Waals surface area contributed by atoms with E-state index < -0.39 is 0 Å². The molecule has 0 bridgehead atoms. The van der Waals surface area contributed by atoms with Gasteiger partial charge in [-0.2, -0.15) is 0 Å². The summed E-state index contributed by atoms with van der Waals surface area (Å²) < 4.78 is 9.89. The number of nitrogens with one attached hydrogen (secondary N) is 1. The summed E-state index contributed by atoms with van der Waals surface area (Å²) in [7, 11) is 0. The average molecular weight is 688 g/mol. The molecule has 2 aliphatic rings. The van der Waals surface area contributed by atoms with Crippen molar-refractivity contribution in [1.82, 2.24) is 0 Å². The molecule has 2 saturated heterocycles. The largest absolute Gasteiger partial charge is 2.00 e. The summed E-state index contributed by atoms with van der Waals surface area (Å²) in [6.45, 7) is 20.6. The molecule has 0 unspecified atom stereocenters. The fourth-order valence-corrected chi connectivity index (χ4v) is 5.40. The summed E-state index contributed by atoms with van der Waals surface area (Å²) in [4.78, 5) is 7.78. The third-order valence-corrected chi connectivity index (χ3v) is 8.23. The van der Waals surface area contributed by atoms with Gasteiger partial charge in [0.25, 0.3) is 0 Å². The van der Waals surface area contributed by atoms with Gasteiger partial charge >= 0.3 is 37.7 Å². The SMILES string of the molecule is C1CCOC1.C1CCOC1.Cc1cccc(C)c1N=C[N-]c1c(C)cccc1C.Cc1cccc(C)c1[N-]C=[NH+]c1c(C)cccc1C.[Ca+2]. The van der Waals surface area contributed by atoms with E-state index in [1.54, 1.807) is 12.7 Å². The van der Waals surface area contributed by atoms with Crippen LogP contribution in [0.5, 0.6) is 0 Å². The molecule has 1 N–H and O–H groups in total. The minimum absolute atomic E-state index is 0. The van der Waals surface area contributed by atoms with E-state index in [9.17, 15) is 0 Å². The maximum Gasteiger partial charge on any atom is 2.00 e. The van der Waals surface area contributed by atoms with E-state index in [0.29, 0.717) is 0 Å². The van der Waals surface area contributed by atoms with Crippen molar-refractivity contribution in [3.05, 3.63) is 128 Å². The predicted octanol–water partition coefficient (Wildman–Crippen LogP) is 9.86. The molecule has 256 valence electrons. The van der Waals surface area contributed by atoms with Crippen LogP contribution in [-0.4, -0.2) is 76.8 Å². The maximum atomic E-state index is 4.94. The van der Waals surface area contributed by atoms with Crippen LogP contribution in [0.1, 0.15) is 70.2 Å². The van der Waals surface area contributed by atoms with Gasteiger partial charge in [0.05, 0.1) is 12.0 Å². The van der Waals surface area contributed by atoms with Crippen LogP contribution in [0.2, 0.25) is 0 Å². The first-order valence-corrected chi connectivity index (χ1v) is 17.1. The molecule has 0 amide bonds. The van der Waals surface area contributed by atoms with Crippen molar-refractivity contribution in [2.75, 3.05) is 26.4 Å². The molecule has 2 heterocycles.